The van der Waals surface area contributed by atoms with Gasteiger partial charge in [-0.25, -0.2) is 0 Å². The first-order valence-corrected chi connectivity index (χ1v) is 6.50. The summed E-state index contributed by atoms with van der Waals surface area (Å²) in [7, 11) is 3.18. The maximum Gasteiger partial charge on any atom is 0.124 e. The maximum absolute atomic E-state index is 10.4. The fourth-order valence-electron chi connectivity index (χ4n) is 2.03. The molecule has 0 aliphatic rings. The average molecular weight is 277 g/mol. The molecule has 1 aromatic carbocycles. The quantitative estimate of drug-likeness (QED) is 0.704. The fourth-order valence-corrected chi connectivity index (χ4v) is 2.03. The number of aliphatic hydroxyl groups excluding tert-OH is 1. The molecular formula is C16H23NO3. The van der Waals surface area contributed by atoms with Gasteiger partial charge in [-0.3, -0.25) is 4.90 Å². The molecule has 0 aliphatic carbocycles. The number of hydrogen-bond donors (Lipinski definition) is 1. The van der Waals surface area contributed by atoms with Crippen molar-refractivity contribution in [3.63, 3.8) is 0 Å². The molecule has 0 radical (unpaired) electrons. The molecule has 0 aromatic heterocycles. The first-order chi connectivity index (χ1) is 9.65. The van der Waals surface area contributed by atoms with Crippen LogP contribution in [-0.2, 0) is 0 Å². The molecule has 1 aromatic rings. The molecule has 0 fully saturated rings. The van der Waals surface area contributed by atoms with E-state index < -0.39 is 6.10 Å². The molecule has 1 atom stereocenters. The summed E-state index contributed by atoms with van der Waals surface area (Å²) in [5, 5.41) is 10.4. The van der Waals surface area contributed by atoms with Gasteiger partial charge in [0.2, 0.25) is 0 Å². The predicted molar refractivity (Wildman–Crippen MR) is 81.3 cm³/mol. The largest absolute Gasteiger partial charge is 0.497 e. The Morgan fingerprint density at radius 3 is 2.35 bits per heavy atom. The summed E-state index contributed by atoms with van der Waals surface area (Å²) in [6, 6.07) is 5.40. The van der Waals surface area contributed by atoms with Gasteiger partial charge in [0.1, 0.15) is 11.5 Å². The minimum absolute atomic E-state index is 0.474. The van der Waals surface area contributed by atoms with Crippen LogP contribution in [0.1, 0.15) is 11.7 Å². The zero-order valence-corrected chi connectivity index (χ0v) is 12.2. The minimum atomic E-state index is -0.667. The molecule has 1 unspecified atom stereocenters. The van der Waals surface area contributed by atoms with E-state index in [1.54, 1.807) is 44.6 Å². The number of aliphatic hydroxyl groups is 1. The number of nitrogens with zero attached hydrogens (tertiary/aromatic N) is 1. The molecule has 0 spiro atoms. The van der Waals surface area contributed by atoms with Crippen LogP contribution in [0, 0.1) is 0 Å². The van der Waals surface area contributed by atoms with Crippen LogP contribution in [0.4, 0.5) is 0 Å². The Morgan fingerprint density at radius 1 is 1.20 bits per heavy atom. The Hall–Kier alpha value is -1.78. The molecule has 0 amide bonds. The first-order valence-electron chi connectivity index (χ1n) is 6.50. The first kappa shape index (κ1) is 16.3. The summed E-state index contributed by atoms with van der Waals surface area (Å²) in [6.45, 7) is 9.30. The average Bonchev–Trinajstić information content (AvgIpc) is 2.47. The number of methoxy groups -OCH3 is 2. The summed E-state index contributed by atoms with van der Waals surface area (Å²) in [6.07, 6.45) is 2.94. The Morgan fingerprint density at radius 2 is 1.85 bits per heavy atom. The van der Waals surface area contributed by atoms with E-state index in [4.69, 9.17) is 9.47 Å². The molecule has 4 heteroatoms. The zero-order chi connectivity index (χ0) is 15.0. The molecule has 0 saturated heterocycles. The maximum atomic E-state index is 10.4. The molecule has 0 saturated carbocycles. The molecular weight excluding hydrogens is 254 g/mol. The van der Waals surface area contributed by atoms with Crippen molar-refractivity contribution in [2.75, 3.05) is 33.9 Å². The highest BCUT2D eigenvalue weighted by molar-refractivity contribution is 5.41. The minimum Gasteiger partial charge on any atom is -0.497 e. The van der Waals surface area contributed by atoms with Gasteiger partial charge in [0.05, 0.1) is 20.3 Å². The third kappa shape index (κ3) is 4.40. The molecule has 1 rings (SSSR count). The van der Waals surface area contributed by atoms with Crippen LogP contribution in [0.5, 0.6) is 11.5 Å². The number of hydrogen-bond acceptors (Lipinski definition) is 4. The molecule has 4 nitrogen and oxygen atoms in total. The number of rotatable bonds is 9. The van der Waals surface area contributed by atoms with Crippen molar-refractivity contribution < 1.29 is 14.6 Å². The lowest BCUT2D eigenvalue weighted by atomic mass is 10.1. The van der Waals surface area contributed by atoms with Crippen LogP contribution in [0.2, 0.25) is 0 Å². The second kappa shape index (κ2) is 8.40. The van der Waals surface area contributed by atoms with E-state index in [0.717, 1.165) is 0 Å². The van der Waals surface area contributed by atoms with E-state index in [1.165, 1.54) is 0 Å². The summed E-state index contributed by atoms with van der Waals surface area (Å²) < 4.78 is 10.5. The van der Waals surface area contributed by atoms with Gasteiger partial charge in [-0.15, -0.1) is 13.2 Å². The lowest BCUT2D eigenvalue weighted by Gasteiger charge is -2.23. The van der Waals surface area contributed by atoms with Gasteiger partial charge in [0.25, 0.3) is 0 Å². The zero-order valence-electron chi connectivity index (χ0n) is 12.2. The van der Waals surface area contributed by atoms with Crippen molar-refractivity contribution in [2.24, 2.45) is 0 Å². The second-order valence-corrected chi connectivity index (χ2v) is 4.42. The third-order valence-corrected chi connectivity index (χ3v) is 3.00. The smallest absolute Gasteiger partial charge is 0.124 e. The molecule has 0 aliphatic heterocycles. The second-order valence-electron chi connectivity index (χ2n) is 4.42. The van der Waals surface area contributed by atoms with E-state index in [0.29, 0.717) is 36.7 Å². The van der Waals surface area contributed by atoms with E-state index in [2.05, 4.69) is 13.2 Å². The van der Waals surface area contributed by atoms with Crippen molar-refractivity contribution in [3.05, 3.63) is 49.1 Å². The molecule has 0 heterocycles. The fraction of sp³-hybridized carbons (Fsp3) is 0.375. The van der Waals surface area contributed by atoms with Crippen LogP contribution in [-0.4, -0.2) is 43.9 Å². The van der Waals surface area contributed by atoms with E-state index in [9.17, 15) is 5.11 Å². The van der Waals surface area contributed by atoms with Crippen molar-refractivity contribution >= 4 is 0 Å². The van der Waals surface area contributed by atoms with Gasteiger partial charge >= 0.3 is 0 Å². The Labute approximate surface area is 120 Å². The van der Waals surface area contributed by atoms with Crippen LogP contribution < -0.4 is 9.47 Å². The predicted octanol–water partition coefficient (Wildman–Crippen LogP) is 2.41. The third-order valence-electron chi connectivity index (χ3n) is 3.00. The van der Waals surface area contributed by atoms with Crippen LogP contribution in [0.15, 0.2) is 43.5 Å². The molecule has 20 heavy (non-hydrogen) atoms. The van der Waals surface area contributed by atoms with Crippen LogP contribution in [0.25, 0.3) is 0 Å². The van der Waals surface area contributed by atoms with Gasteiger partial charge in [0.15, 0.2) is 0 Å². The highest BCUT2D eigenvalue weighted by atomic mass is 16.5. The van der Waals surface area contributed by atoms with Gasteiger partial charge in [-0.2, -0.15) is 0 Å². The summed E-state index contributed by atoms with van der Waals surface area (Å²) >= 11 is 0. The number of benzene rings is 1. The normalized spacial score (nSPS) is 12.0. The van der Waals surface area contributed by atoms with Gasteiger partial charge < -0.3 is 14.6 Å². The van der Waals surface area contributed by atoms with Crippen LogP contribution in [0.3, 0.4) is 0 Å². The van der Waals surface area contributed by atoms with E-state index >= 15 is 0 Å². The van der Waals surface area contributed by atoms with Gasteiger partial charge in [-0.05, 0) is 18.2 Å². The van der Waals surface area contributed by atoms with Crippen molar-refractivity contribution in [3.8, 4) is 11.5 Å². The van der Waals surface area contributed by atoms with Crippen molar-refractivity contribution in [2.45, 2.75) is 6.10 Å². The molecule has 1 N–H and O–H groups in total. The van der Waals surface area contributed by atoms with Gasteiger partial charge in [0, 0.05) is 25.2 Å². The van der Waals surface area contributed by atoms with Crippen molar-refractivity contribution in [1.82, 2.24) is 4.90 Å². The molecule has 110 valence electrons. The lowest BCUT2D eigenvalue weighted by molar-refractivity contribution is 0.122. The lowest BCUT2D eigenvalue weighted by Crippen LogP contribution is -2.29. The Bertz CT molecular complexity index is 435. The monoisotopic (exact) mass is 277 g/mol. The standard InChI is InChI=1S/C16H23NO3/c1-5-9-17(10-6-2)12-15(18)14-11-13(19-3)7-8-16(14)20-4/h5-8,11,15,18H,1-2,9-10,12H2,3-4H3. The van der Waals surface area contributed by atoms with Crippen LogP contribution >= 0.6 is 0 Å². The number of ether oxygens (including phenoxy) is 2. The summed E-state index contributed by atoms with van der Waals surface area (Å²) in [5.41, 5.74) is 0.713. The van der Waals surface area contributed by atoms with E-state index in [-0.39, 0.29) is 0 Å². The van der Waals surface area contributed by atoms with Crippen molar-refractivity contribution in [1.29, 1.82) is 0 Å². The summed E-state index contributed by atoms with van der Waals surface area (Å²) in [4.78, 5) is 2.05. The SMILES string of the molecule is C=CCN(CC=C)CC(O)c1cc(OC)ccc1OC. The van der Waals surface area contributed by atoms with Gasteiger partial charge in [-0.1, -0.05) is 12.2 Å². The highest BCUT2D eigenvalue weighted by Crippen LogP contribution is 2.29. The molecule has 0 bridgehead atoms. The Balaban J connectivity index is 2.90. The Kier molecular flexibility index (Phi) is 6.84. The topological polar surface area (TPSA) is 41.9 Å². The highest BCUT2D eigenvalue weighted by Gasteiger charge is 2.17. The van der Waals surface area contributed by atoms with E-state index in [1.807, 2.05) is 4.90 Å². The summed E-state index contributed by atoms with van der Waals surface area (Å²) in [5.74, 6) is 1.34.